The molecule has 1 aromatic carbocycles. The van der Waals surface area contributed by atoms with Crippen molar-refractivity contribution < 1.29 is 9.59 Å². The highest BCUT2D eigenvalue weighted by Gasteiger charge is 2.03. The van der Waals surface area contributed by atoms with Crippen molar-refractivity contribution in [1.82, 2.24) is 0 Å². The van der Waals surface area contributed by atoms with Crippen molar-refractivity contribution in [3.8, 4) is 0 Å². The first-order valence-electron chi connectivity index (χ1n) is 4.46. The Morgan fingerprint density at radius 3 is 2.79 bits per heavy atom. The third kappa shape index (κ3) is 2.42. The van der Waals surface area contributed by atoms with Crippen LogP contribution in [0.15, 0.2) is 18.2 Å². The summed E-state index contributed by atoms with van der Waals surface area (Å²) in [6, 6.07) is 5.07. The van der Waals surface area contributed by atoms with Crippen LogP contribution in [0.3, 0.4) is 0 Å². The van der Waals surface area contributed by atoms with Gasteiger partial charge in [-0.2, -0.15) is 0 Å². The Morgan fingerprint density at radius 1 is 1.50 bits per heavy atom. The van der Waals surface area contributed by atoms with E-state index in [1.165, 1.54) is 0 Å². The Kier molecular flexibility index (Phi) is 3.40. The largest absolute Gasteiger partial charge is 0.326 e. The van der Waals surface area contributed by atoms with E-state index in [4.69, 9.17) is 0 Å². The zero-order valence-corrected chi connectivity index (χ0v) is 8.26. The summed E-state index contributed by atoms with van der Waals surface area (Å²) in [5.41, 5.74) is 2.06. The molecule has 14 heavy (non-hydrogen) atoms. The number of rotatable bonds is 3. The summed E-state index contributed by atoms with van der Waals surface area (Å²) in [7, 11) is 0. The first kappa shape index (κ1) is 10.4. The fraction of sp³-hybridized carbons (Fsp3) is 0.273. The van der Waals surface area contributed by atoms with Crippen molar-refractivity contribution in [1.29, 1.82) is 0 Å². The Morgan fingerprint density at radius 2 is 2.21 bits per heavy atom. The molecule has 0 saturated heterocycles. The van der Waals surface area contributed by atoms with Crippen LogP contribution in [-0.4, -0.2) is 12.2 Å². The molecule has 1 amide bonds. The predicted molar refractivity (Wildman–Crippen MR) is 54.9 cm³/mol. The first-order chi connectivity index (χ1) is 6.67. The van der Waals surface area contributed by atoms with Gasteiger partial charge in [0.2, 0.25) is 12.2 Å². The van der Waals surface area contributed by atoms with Crippen LogP contribution in [-0.2, 0) is 9.59 Å². The van der Waals surface area contributed by atoms with E-state index in [0.29, 0.717) is 17.7 Å². The van der Waals surface area contributed by atoms with Crippen molar-refractivity contribution in [2.24, 2.45) is 0 Å². The summed E-state index contributed by atoms with van der Waals surface area (Å²) in [4.78, 5) is 21.5. The van der Waals surface area contributed by atoms with Gasteiger partial charge in [0.1, 0.15) is 0 Å². The molecule has 0 fully saturated rings. The van der Waals surface area contributed by atoms with Gasteiger partial charge in [0.15, 0.2) is 0 Å². The minimum Gasteiger partial charge on any atom is -0.326 e. The smallest absolute Gasteiger partial charge is 0.233 e. The Hall–Kier alpha value is -1.64. The van der Waals surface area contributed by atoms with Gasteiger partial charge in [-0.05, 0) is 18.6 Å². The lowest BCUT2D eigenvalue weighted by atomic mass is 10.1. The van der Waals surface area contributed by atoms with E-state index in [0.717, 1.165) is 5.56 Å². The first-order valence-corrected chi connectivity index (χ1v) is 4.46. The van der Waals surface area contributed by atoms with Gasteiger partial charge >= 0.3 is 0 Å². The minimum absolute atomic E-state index is 0.0591. The summed E-state index contributed by atoms with van der Waals surface area (Å²) >= 11 is 0. The molecule has 0 aliphatic rings. The maximum absolute atomic E-state index is 11.1. The van der Waals surface area contributed by atoms with Crippen LogP contribution in [0.5, 0.6) is 0 Å². The SMILES string of the molecule is CCC(=O)Nc1cc([C]=O)ccc1C. The van der Waals surface area contributed by atoms with Crippen molar-refractivity contribution >= 4 is 17.9 Å². The number of benzene rings is 1. The maximum atomic E-state index is 11.1. The molecule has 0 heterocycles. The molecule has 1 N–H and O–H groups in total. The maximum Gasteiger partial charge on any atom is 0.233 e. The number of carbonyl (C=O) groups excluding carboxylic acids is 2. The molecule has 0 unspecified atom stereocenters. The van der Waals surface area contributed by atoms with Gasteiger partial charge in [0, 0.05) is 17.7 Å². The highest BCUT2D eigenvalue weighted by atomic mass is 16.1. The topological polar surface area (TPSA) is 46.2 Å². The fourth-order valence-electron chi connectivity index (χ4n) is 1.06. The molecular weight excluding hydrogens is 178 g/mol. The molecular formula is C11H12NO2. The second-order valence-corrected chi connectivity index (χ2v) is 3.03. The van der Waals surface area contributed by atoms with E-state index in [9.17, 15) is 9.59 Å². The lowest BCUT2D eigenvalue weighted by molar-refractivity contribution is -0.115. The normalized spacial score (nSPS) is 9.57. The van der Waals surface area contributed by atoms with Gasteiger partial charge in [0.25, 0.3) is 0 Å². The molecule has 3 nitrogen and oxygen atoms in total. The lowest BCUT2D eigenvalue weighted by Gasteiger charge is -2.07. The molecule has 3 heteroatoms. The Labute approximate surface area is 83.1 Å². The van der Waals surface area contributed by atoms with E-state index in [1.54, 1.807) is 31.4 Å². The van der Waals surface area contributed by atoms with Crippen LogP contribution in [0.2, 0.25) is 0 Å². The second kappa shape index (κ2) is 4.56. The highest BCUT2D eigenvalue weighted by Crippen LogP contribution is 2.15. The molecule has 0 bridgehead atoms. The van der Waals surface area contributed by atoms with Gasteiger partial charge in [-0.3, -0.25) is 9.59 Å². The van der Waals surface area contributed by atoms with Crippen molar-refractivity contribution in [2.45, 2.75) is 20.3 Å². The number of carbonyl (C=O) groups is 1. The summed E-state index contributed by atoms with van der Waals surface area (Å²) in [5, 5.41) is 2.72. The average Bonchev–Trinajstić information content (AvgIpc) is 2.21. The van der Waals surface area contributed by atoms with Gasteiger partial charge in [-0.1, -0.05) is 19.1 Å². The summed E-state index contributed by atoms with van der Waals surface area (Å²) < 4.78 is 0. The number of amides is 1. The van der Waals surface area contributed by atoms with Crippen molar-refractivity contribution in [2.75, 3.05) is 5.32 Å². The molecule has 1 aromatic rings. The Bertz CT molecular complexity index is 358. The minimum atomic E-state index is -0.0591. The van der Waals surface area contributed by atoms with Crippen molar-refractivity contribution in [3.63, 3.8) is 0 Å². The van der Waals surface area contributed by atoms with Crippen LogP contribution in [0.4, 0.5) is 5.69 Å². The molecule has 0 saturated carbocycles. The monoisotopic (exact) mass is 190 g/mol. The summed E-state index contributed by atoms with van der Waals surface area (Å²) in [6.07, 6.45) is 2.21. The molecule has 0 spiro atoms. The number of hydrogen-bond acceptors (Lipinski definition) is 2. The number of anilines is 1. The predicted octanol–water partition coefficient (Wildman–Crippen LogP) is 1.80. The van der Waals surface area contributed by atoms with E-state index in [1.807, 2.05) is 6.92 Å². The number of aryl methyl sites for hydroxylation is 1. The standard InChI is InChI=1S/C11H12NO2/c1-3-11(14)12-10-6-9(7-13)5-4-8(10)2/h4-6H,3H2,1-2H3,(H,12,14). The quantitative estimate of drug-likeness (QED) is 0.790. The van der Waals surface area contributed by atoms with Crippen LogP contribution >= 0.6 is 0 Å². The molecule has 0 aromatic heterocycles. The summed E-state index contributed by atoms with van der Waals surface area (Å²) in [5.74, 6) is -0.0591. The summed E-state index contributed by atoms with van der Waals surface area (Å²) in [6.45, 7) is 3.65. The lowest BCUT2D eigenvalue weighted by Crippen LogP contribution is -2.10. The molecule has 1 radical (unpaired) electrons. The number of nitrogens with one attached hydrogen (secondary N) is 1. The highest BCUT2D eigenvalue weighted by molar-refractivity contribution is 5.92. The van der Waals surface area contributed by atoms with Gasteiger partial charge in [-0.25, -0.2) is 0 Å². The third-order valence-corrected chi connectivity index (χ3v) is 1.95. The van der Waals surface area contributed by atoms with E-state index in [-0.39, 0.29) is 5.91 Å². The van der Waals surface area contributed by atoms with E-state index in [2.05, 4.69) is 5.32 Å². The molecule has 0 aliphatic heterocycles. The van der Waals surface area contributed by atoms with Crippen molar-refractivity contribution in [3.05, 3.63) is 29.3 Å². The molecule has 0 atom stereocenters. The average molecular weight is 190 g/mol. The third-order valence-electron chi connectivity index (χ3n) is 1.95. The zero-order valence-electron chi connectivity index (χ0n) is 8.26. The van der Waals surface area contributed by atoms with E-state index < -0.39 is 0 Å². The van der Waals surface area contributed by atoms with Crippen LogP contribution < -0.4 is 5.32 Å². The van der Waals surface area contributed by atoms with Crippen LogP contribution in [0.25, 0.3) is 0 Å². The van der Waals surface area contributed by atoms with Gasteiger partial charge in [-0.15, -0.1) is 0 Å². The fourth-order valence-corrected chi connectivity index (χ4v) is 1.06. The van der Waals surface area contributed by atoms with Gasteiger partial charge < -0.3 is 5.32 Å². The molecule has 73 valence electrons. The van der Waals surface area contributed by atoms with E-state index >= 15 is 0 Å². The zero-order chi connectivity index (χ0) is 10.6. The Balaban J connectivity index is 2.94. The van der Waals surface area contributed by atoms with Crippen LogP contribution in [0, 0.1) is 6.92 Å². The van der Waals surface area contributed by atoms with Gasteiger partial charge in [0.05, 0.1) is 0 Å². The molecule has 1 rings (SSSR count). The van der Waals surface area contributed by atoms with Crippen LogP contribution in [0.1, 0.15) is 24.5 Å². The number of hydrogen-bond donors (Lipinski definition) is 1. The molecule has 0 aliphatic carbocycles. The second-order valence-electron chi connectivity index (χ2n) is 3.03.